The van der Waals surface area contributed by atoms with Gasteiger partial charge in [0.05, 0.1) is 0 Å². The van der Waals surface area contributed by atoms with Crippen LogP contribution in [-0.4, -0.2) is 6.04 Å². The minimum absolute atomic E-state index is 0.180. The van der Waals surface area contributed by atoms with Gasteiger partial charge in [-0.2, -0.15) is 0 Å². The predicted molar refractivity (Wildman–Crippen MR) is 70.7 cm³/mol. The first-order valence-corrected chi connectivity index (χ1v) is 6.62. The second kappa shape index (κ2) is 5.94. The summed E-state index contributed by atoms with van der Waals surface area (Å²) in [7, 11) is 0. The lowest BCUT2D eigenvalue weighted by Gasteiger charge is -2.12. The number of hydrogen-bond acceptors (Lipinski definition) is 2. The third-order valence-corrected chi connectivity index (χ3v) is 3.55. The lowest BCUT2D eigenvalue weighted by Crippen LogP contribution is -2.27. The van der Waals surface area contributed by atoms with Crippen LogP contribution in [0.15, 0.2) is 41.8 Å². The molecule has 0 aliphatic carbocycles. The van der Waals surface area contributed by atoms with E-state index in [0.29, 0.717) is 6.04 Å². The van der Waals surface area contributed by atoms with Crippen LogP contribution in [0, 0.1) is 5.82 Å². The first-order chi connectivity index (χ1) is 8.24. The molecular formula is C14H16FNS. The molecule has 1 nitrogen and oxygen atoms in total. The molecular weight excluding hydrogens is 233 g/mol. The largest absolute Gasteiger partial charge is 0.310 e. The molecule has 0 aliphatic rings. The van der Waals surface area contributed by atoms with Crippen LogP contribution >= 0.6 is 11.3 Å². The van der Waals surface area contributed by atoms with Crippen LogP contribution in [0.3, 0.4) is 0 Å². The fourth-order valence-electron chi connectivity index (χ4n) is 1.70. The second-order valence-corrected chi connectivity index (χ2v) is 5.22. The van der Waals surface area contributed by atoms with Crippen molar-refractivity contribution in [3.8, 4) is 0 Å². The third-order valence-electron chi connectivity index (χ3n) is 2.66. The van der Waals surface area contributed by atoms with Crippen LogP contribution < -0.4 is 5.32 Å². The van der Waals surface area contributed by atoms with Crippen LogP contribution in [0.1, 0.15) is 17.4 Å². The SMILES string of the molecule is CC(Cc1cccs1)NCc1ccc(F)cc1. The Kier molecular flexibility index (Phi) is 4.29. The molecule has 0 fully saturated rings. The number of hydrogen-bond donors (Lipinski definition) is 1. The Labute approximate surface area is 105 Å². The van der Waals surface area contributed by atoms with Gasteiger partial charge in [-0.3, -0.25) is 0 Å². The maximum Gasteiger partial charge on any atom is 0.123 e. The molecule has 1 atom stereocenters. The van der Waals surface area contributed by atoms with E-state index in [0.717, 1.165) is 18.5 Å². The highest BCUT2D eigenvalue weighted by Crippen LogP contribution is 2.11. The van der Waals surface area contributed by atoms with Crippen molar-refractivity contribution in [1.29, 1.82) is 0 Å². The van der Waals surface area contributed by atoms with E-state index in [1.165, 1.54) is 17.0 Å². The molecule has 0 saturated heterocycles. The molecule has 2 rings (SSSR count). The molecule has 3 heteroatoms. The molecule has 2 aromatic rings. The van der Waals surface area contributed by atoms with Gasteiger partial charge in [-0.1, -0.05) is 18.2 Å². The van der Waals surface area contributed by atoms with Crippen LogP contribution in [0.25, 0.3) is 0 Å². The molecule has 1 aromatic heterocycles. The van der Waals surface area contributed by atoms with E-state index in [-0.39, 0.29) is 5.82 Å². The Morgan fingerprint density at radius 1 is 1.24 bits per heavy atom. The summed E-state index contributed by atoms with van der Waals surface area (Å²) in [5.74, 6) is -0.180. The number of thiophene rings is 1. The van der Waals surface area contributed by atoms with E-state index in [1.807, 2.05) is 12.1 Å². The summed E-state index contributed by atoms with van der Waals surface area (Å²) >= 11 is 1.79. The van der Waals surface area contributed by atoms with Crippen molar-refractivity contribution in [1.82, 2.24) is 5.32 Å². The molecule has 0 bridgehead atoms. The first-order valence-electron chi connectivity index (χ1n) is 5.74. The van der Waals surface area contributed by atoms with Crippen molar-refractivity contribution < 1.29 is 4.39 Å². The van der Waals surface area contributed by atoms with Crippen molar-refractivity contribution in [2.75, 3.05) is 0 Å². The molecule has 0 aliphatic heterocycles. The number of nitrogens with one attached hydrogen (secondary N) is 1. The maximum atomic E-state index is 12.7. The lowest BCUT2D eigenvalue weighted by molar-refractivity contribution is 0.547. The Morgan fingerprint density at radius 3 is 2.65 bits per heavy atom. The van der Waals surface area contributed by atoms with E-state index in [9.17, 15) is 4.39 Å². The summed E-state index contributed by atoms with van der Waals surface area (Å²) < 4.78 is 12.7. The van der Waals surface area contributed by atoms with Gasteiger partial charge < -0.3 is 5.32 Å². The minimum atomic E-state index is -0.180. The van der Waals surface area contributed by atoms with Crippen molar-refractivity contribution in [2.45, 2.75) is 25.9 Å². The molecule has 0 radical (unpaired) electrons. The molecule has 1 unspecified atom stereocenters. The maximum absolute atomic E-state index is 12.7. The standard InChI is InChI=1S/C14H16FNS/c1-11(9-14-3-2-8-17-14)16-10-12-4-6-13(15)7-5-12/h2-8,11,16H,9-10H2,1H3. The van der Waals surface area contributed by atoms with E-state index in [2.05, 4.69) is 29.8 Å². The highest BCUT2D eigenvalue weighted by atomic mass is 32.1. The van der Waals surface area contributed by atoms with Crippen LogP contribution in [0.4, 0.5) is 4.39 Å². The van der Waals surface area contributed by atoms with Crippen LogP contribution in [0.5, 0.6) is 0 Å². The first kappa shape index (κ1) is 12.3. The number of rotatable bonds is 5. The molecule has 1 heterocycles. The zero-order valence-corrected chi connectivity index (χ0v) is 10.6. The smallest absolute Gasteiger partial charge is 0.123 e. The van der Waals surface area contributed by atoms with Crippen LogP contribution in [-0.2, 0) is 13.0 Å². The number of halogens is 1. The fraction of sp³-hybridized carbons (Fsp3) is 0.286. The fourth-order valence-corrected chi connectivity index (χ4v) is 2.53. The van der Waals surface area contributed by atoms with E-state index < -0.39 is 0 Å². The highest BCUT2D eigenvalue weighted by molar-refractivity contribution is 7.09. The van der Waals surface area contributed by atoms with E-state index in [1.54, 1.807) is 11.3 Å². The molecule has 90 valence electrons. The molecule has 1 N–H and O–H groups in total. The molecule has 1 aromatic carbocycles. The van der Waals surface area contributed by atoms with Crippen molar-refractivity contribution in [2.24, 2.45) is 0 Å². The summed E-state index contributed by atoms with van der Waals surface area (Å²) in [6, 6.07) is 11.3. The third kappa shape index (κ3) is 3.95. The Hall–Kier alpha value is -1.19. The topological polar surface area (TPSA) is 12.0 Å². The second-order valence-electron chi connectivity index (χ2n) is 4.19. The van der Waals surface area contributed by atoms with Gasteiger partial charge in [0.2, 0.25) is 0 Å². The van der Waals surface area contributed by atoms with Gasteiger partial charge in [-0.05, 0) is 42.5 Å². The van der Waals surface area contributed by atoms with Gasteiger partial charge >= 0.3 is 0 Å². The lowest BCUT2D eigenvalue weighted by atomic mass is 10.1. The monoisotopic (exact) mass is 249 g/mol. The zero-order valence-electron chi connectivity index (χ0n) is 9.82. The molecule has 0 saturated carbocycles. The Morgan fingerprint density at radius 2 is 2.00 bits per heavy atom. The van der Waals surface area contributed by atoms with Gasteiger partial charge in [0.25, 0.3) is 0 Å². The molecule has 17 heavy (non-hydrogen) atoms. The van der Waals surface area contributed by atoms with Crippen molar-refractivity contribution >= 4 is 11.3 Å². The van der Waals surface area contributed by atoms with E-state index in [4.69, 9.17) is 0 Å². The normalized spacial score (nSPS) is 12.6. The Bertz CT molecular complexity index is 436. The average Bonchev–Trinajstić information content (AvgIpc) is 2.81. The quantitative estimate of drug-likeness (QED) is 0.853. The van der Waals surface area contributed by atoms with Crippen molar-refractivity contribution in [3.63, 3.8) is 0 Å². The zero-order chi connectivity index (χ0) is 12.1. The predicted octanol–water partition coefficient (Wildman–Crippen LogP) is 3.61. The minimum Gasteiger partial charge on any atom is -0.310 e. The van der Waals surface area contributed by atoms with Gasteiger partial charge in [-0.25, -0.2) is 4.39 Å². The van der Waals surface area contributed by atoms with E-state index >= 15 is 0 Å². The van der Waals surface area contributed by atoms with Gasteiger partial charge in [0, 0.05) is 17.5 Å². The van der Waals surface area contributed by atoms with Crippen molar-refractivity contribution in [3.05, 3.63) is 58.0 Å². The molecule has 0 spiro atoms. The summed E-state index contributed by atoms with van der Waals surface area (Å²) in [5.41, 5.74) is 1.12. The van der Waals surface area contributed by atoms with Crippen LogP contribution in [0.2, 0.25) is 0 Å². The average molecular weight is 249 g/mol. The number of benzene rings is 1. The summed E-state index contributed by atoms with van der Waals surface area (Å²) in [4.78, 5) is 1.39. The Balaban J connectivity index is 1.79. The summed E-state index contributed by atoms with van der Waals surface area (Å²) in [6.45, 7) is 2.95. The summed E-state index contributed by atoms with van der Waals surface area (Å²) in [5, 5.41) is 5.54. The van der Waals surface area contributed by atoms with Gasteiger partial charge in [-0.15, -0.1) is 11.3 Å². The van der Waals surface area contributed by atoms with Gasteiger partial charge in [0.1, 0.15) is 5.82 Å². The van der Waals surface area contributed by atoms with Gasteiger partial charge in [0.15, 0.2) is 0 Å². The summed E-state index contributed by atoms with van der Waals surface area (Å²) in [6.07, 6.45) is 1.04. The highest BCUT2D eigenvalue weighted by Gasteiger charge is 2.03. The molecule has 0 amide bonds.